The topological polar surface area (TPSA) is 40.5 Å². The zero-order valence-corrected chi connectivity index (χ0v) is 10.2. The highest BCUT2D eigenvalue weighted by atomic mass is 35.5. The van der Waals surface area contributed by atoms with Crippen LogP contribution in [-0.4, -0.2) is 23.4 Å². The second-order valence-corrected chi connectivity index (χ2v) is 4.54. The average Bonchev–Trinajstić information content (AvgIpc) is 2.28. The molecule has 3 heteroatoms. The molecule has 0 aromatic heterocycles. The van der Waals surface area contributed by atoms with Crippen molar-refractivity contribution in [2.24, 2.45) is 5.92 Å². The van der Waals surface area contributed by atoms with E-state index >= 15 is 0 Å². The van der Waals surface area contributed by atoms with Gasteiger partial charge in [0.25, 0.3) is 0 Å². The summed E-state index contributed by atoms with van der Waals surface area (Å²) in [4.78, 5) is 0. The normalized spacial score (nSPS) is 12.7. The van der Waals surface area contributed by atoms with Gasteiger partial charge in [0.05, 0.1) is 0 Å². The molecule has 0 amide bonds. The van der Waals surface area contributed by atoms with Gasteiger partial charge in [-0.15, -0.1) is 0 Å². The maximum Gasteiger partial charge on any atom is 0.0462 e. The van der Waals surface area contributed by atoms with Crippen LogP contribution in [0.1, 0.15) is 24.8 Å². The molecule has 2 nitrogen and oxygen atoms in total. The minimum absolute atomic E-state index is 0.192. The first-order valence-electron chi connectivity index (χ1n) is 5.72. The lowest BCUT2D eigenvalue weighted by Gasteiger charge is -2.13. The number of hydrogen-bond donors (Lipinski definition) is 2. The molecule has 1 aromatic carbocycles. The van der Waals surface area contributed by atoms with Crippen molar-refractivity contribution in [3.05, 3.63) is 34.9 Å². The van der Waals surface area contributed by atoms with Gasteiger partial charge in [-0.05, 0) is 42.9 Å². The first-order valence-corrected chi connectivity index (χ1v) is 6.10. The first kappa shape index (κ1) is 13.5. The van der Waals surface area contributed by atoms with Crippen LogP contribution in [0.15, 0.2) is 24.3 Å². The number of aliphatic hydroxyl groups excluding tert-OH is 2. The van der Waals surface area contributed by atoms with E-state index in [2.05, 4.69) is 0 Å². The Kier molecular flexibility index (Phi) is 6.46. The van der Waals surface area contributed by atoms with E-state index in [9.17, 15) is 5.11 Å². The van der Waals surface area contributed by atoms with Gasteiger partial charge in [-0.3, -0.25) is 0 Å². The largest absolute Gasteiger partial charge is 0.396 e. The summed E-state index contributed by atoms with van der Waals surface area (Å²) in [5, 5.41) is 18.7. The predicted molar refractivity (Wildman–Crippen MR) is 66.7 cm³/mol. The van der Waals surface area contributed by atoms with Gasteiger partial charge in [0, 0.05) is 18.2 Å². The third-order valence-electron chi connectivity index (χ3n) is 2.69. The molecule has 90 valence electrons. The fourth-order valence-electron chi connectivity index (χ4n) is 1.80. The lowest BCUT2D eigenvalue weighted by molar-refractivity contribution is 0.209. The molecule has 0 fully saturated rings. The average molecular weight is 243 g/mol. The zero-order chi connectivity index (χ0) is 11.8. The molecule has 0 bridgehead atoms. The molecule has 0 saturated heterocycles. The molecule has 1 atom stereocenters. The maximum atomic E-state index is 9.26. The molecule has 1 rings (SSSR count). The van der Waals surface area contributed by atoms with Crippen molar-refractivity contribution in [3.8, 4) is 0 Å². The predicted octanol–water partition coefficient (Wildman–Crippen LogP) is 2.65. The molecule has 0 unspecified atom stereocenters. The van der Waals surface area contributed by atoms with E-state index in [1.807, 2.05) is 24.3 Å². The highest BCUT2D eigenvalue weighted by Crippen LogP contribution is 2.17. The van der Waals surface area contributed by atoms with E-state index in [0.717, 1.165) is 36.3 Å². The highest BCUT2D eigenvalue weighted by molar-refractivity contribution is 6.30. The van der Waals surface area contributed by atoms with Gasteiger partial charge >= 0.3 is 0 Å². The Balaban J connectivity index is 2.43. The Morgan fingerprint density at radius 2 is 2.00 bits per heavy atom. The maximum absolute atomic E-state index is 9.26. The number of unbranched alkanes of at least 4 members (excludes halogenated alkanes) is 1. The van der Waals surface area contributed by atoms with Crippen molar-refractivity contribution in [3.63, 3.8) is 0 Å². The van der Waals surface area contributed by atoms with E-state index in [1.165, 1.54) is 0 Å². The van der Waals surface area contributed by atoms with Crippen LogP contribution in [0.25, 0.3) is 0 Å². The summed E-state index contributed by atoms with van der Waals surface area (Å²) in [7, 11) is 0. The van der Waals surface area contributed by atoms with Crippen molar-refractivity contribution in [2.45, 2.75) is 25.7 Å². The summed E-state index contributed by atoms with van der Waals surface area (Å²) in [6, 6.07) is 7.75. The molecule has 0 spiro atoms. The van der Waals surface area contributed by atoms with E-state index in [-0.39, 0.29) is 19.1 Å². The van der Waals surface area contributed by atoms with Crippen LogP contribution in [0, 0.1) is 5.92 Å². The third-order valence-corrected chi connectivity index (χ3v) is 2.93. The number of aliphatic hydroxyl groups is 2. The quantitative estimate of drug-likeness (QED) is 0.722. The number of hydrogen-bond acceptors (Lipinski definition) is 2. The number of halogens is 1. The van der Waals surface area contributed by atoms with Crippen molar-refractivity contribution in [2.75, 3.05) is 13.2 Å². The van der Waals surface area contributed by atoms with Crippen molar-refractivity contribution >= 4 is 11.6 Å². The first-order chi connectivity index (χ1) is 7.76. The molecule has 2 N–H and O–H groups in total. The second-order valence-electron chi connectivity index (χ2n) is 4.10. The lowest BCUT2D eigenvalue weighted by Crippen LogP contribution is -2.10. The van der Waals surface area contributed by atoms with Crippen LogP contribution in [0.5, 0.6) is 0 Å². The molecule has 0 aliphatic heterocycles. The molecular formula is C13H19ClO2. The van der Waals surface area contributed by atoms with Crippen LogP contribution in [-0.2, 0) is 6.42 Å². The summed E-state index contributed by atoms with van der Waals surface area (Å²) in [6.07, 6.45) is 3.57. The summed E-state index contributed by atoms with van der Waals surface area (Å²) in [5.74, 6) is 0.269. The van der Waals surface area contributed by atoms with Crippen LogP contribution < -0.4 is 0 Å². The SMILES string of the molecule is OCCCC[C@@H](CO)Cc1cccc(Cl)c1. The summed E-state index contributed by atoms with van der Waals surface area (Å²) in [5.41, 5.74) is 1.16. The molecule has 0 heterocycles. The number of rotatable bonds is 7. The molecule has 0 aliphatic carbocycles. The molecular weight excluding hydrogens is 224 g/mol. The van der Waals surface area contributed by atoms with Gasteiger partial charge < -0.3 is 10.2 Å². The molecule has 16 heavy (non-hydrogen) atoms. The Morgan fingerprint density at radius 3 is 2.62 bits per heavy atom. The van der Waals surface area contributed by atoms with Crippen molar-refractivity contribution < 1.29 is 10.2 Å². The third kappa shape index (κ3) is 4.97. The van der Waals surface area contributed by atoms with Gasteiger partial charge in [0.15, 0.2) is 0 Å². The second kappa shape index (κ2) is 7.66. The Hall–Kier alpha value is -0.570. The van der Waals surface area contributed by atoms with Gasteiger partial charge in [-0.2, -0.15) is 0 Å². The molecule has 0 aliphatic rings. The summed E-state index contributed by atoms with van der Waals surface area (Å²) < 4.78 is 0. The van der Waals surface area contributed by atoms with Crippen molar-refractivity contribution in [1.82, 2.24) is 0 Å². The summed E-state index contributed by atoms with van der Waals surface area (Å²) in [6.45, 7) is 0.424. The van der Waals surface area contributed by atoms with E-state index < -0.39 is 0 Å². The monoisotopic (exact) mass is 242 g/mol. The van der Waals surface area contributed by atoms with Gasteiger partial charge in [-0.1, -0.05) is 30.2 Å². The molecule has 0 saturated carbocycles. The van der Waals surface area contributed by atoms with Gasteiger partial charge in [0.1, 0.15) is 0 Å². The van der Waals surface area contributed by atoms with E-state index in [4.69, 9.17) is 16.7 Å². The number of benzene rings is 1. The van der Waals surface area contributed by atoms with Crippen LogP contribution >= 0.6 is 11.6 Å². The van der Waals surface area contributed by atoms with E-state index in [0.29, 0.717) is 0 Å². The van der Waals surface area contributed by atoms with Crippen LogP contribution in [0.2, 0.25) is 5.02 Å². The molecule has 1 aromatic rings. The Labute approximate surface area is 102 Å². The smallest absolute Gasteiger partial charge is 0.0462 e. The summed E-state index contributed by atoms with van der Waals surface area (Å²) >= 11 is 5.90. The highest BCUT2D eigenvalue weighted by Gasteiger charge is 2.08. The lowest BCUT2D eigenvalue weighted by atomic mass is 9.95. The fraction of sp³-hybridized carbons (Fsp3) is 0.538. The zero-order valence-electron chi connectivity index (χ0n) is 9.40. The molecule has 0 radical (unpaired) electrons. The van der Waals surface area contributed by atoms with Gasteiger partial charge in [-0.25, -0.2) is 0 Å². The van der Waals surface area contributed by atoms with Crippen molar-refractivity contribution in [1.29, 1.82) is 0 Å². The Morgan fingerprint density at radius 1 is 1.19 bits per heavy atom. The van der Waals surface area contributed by atoms with Gasteiger partial charge in [0.2, 0.25) is 0 Å². The standard InChI is InChI=1S/C13H19ClO2/c14-13-6-3-5-11(9-13)8-12(10-16)4-1-2-7-15/h3,5-6,9,12,15-16H,1-2,4,7-8,10H2/t12-/m1/s1. The minimum atomic E-state index is 0.192. The fourth-order valence-corrected chi connectivity index (χ4v) is 2.01. The Bertz CT molecular complexity index is 302. The van der Waals surface area contributed by atoms with E-state index in [1.54, 1.807) is 0 Å². The van der Waals surface area contributed by atoms with Crippen LogP contribution in [0.3, 0.4) is 0 Å². The van der Waals surface area contributed by atoms with Crippen LogP contribution in [0.4, 0.5) is 0 Å². The minimum Gasteiger partial charge on any atom is -0.396 e.